The summed E-state index contributed by atoms with van der Waals surface area (Å²) in [7, 11) is 0. The van der Waals surface area contributed by atoms with Gasteiger partial charge in [-0.25, -0.2) is 4.79 Å². The summed E-state index contributed by atoms with van der Waals surface area (Å²) in [6.07, 6.45) is 3.47. The van der Waals surface area contributed by atoms with Crippen LogP contribution in [0.2, 0.25) is 0 Å². The fourth-order valence-electron chi connectivity index (χ4n) is 2.75. The number of aliphatic hydroxyl groups is 1. The van der Waals surface area contributed by atoms with Gasteiger partial charge in [-0.15, -0.1) is 0 Å². The van der Waals surface area contributed by atoms with Gasteiger partial charge in [0.15, 0.2) is 11.4 Å². The summed E-state index contributed by atoms with van der Waals surface area (Å²) in [4.78, 5) is 11.9. The van der Waals surface area contributed by atoms with Crippen molar-refractivity contribution >= 4 is 11.5 Å². The van der Waals surface area contributed by atoms with Crippen molar-refractivity contribution in [1.29, 1.82) is 0 Å². The van der Waals surface area contributed by atoms with Crippen LogP contribution in [-0.4, -0.2) is 16.7 Å². The molecule has 3 heteroatoms. The molecule has 1 heterocycles. The van der Waals surface area contributed by atoms with E-state index in [1.165, 1.54) is 0 Å². The van der Waals surface area contributed by atoms with Gasteiger partial charge < -0.3 is 9.84 Å². The summed E-state index contributed by atoms with van der Waals surface area (Å²) in [5.41, 5.74) is 0.355. The molecule has 0 unspecified atom stereocenters. The third-order valence-electron chi connectivity index (χ3n) is 3.63. The highest BCUT2D eigenvalue weighted by Crippen LogP contribution is 2.46. The highest BCUT2D eigenvalue weighted by Gasteiger charge is 2.50. The molecule has 0 aromatic heterocycles. The van der Waals surface area contributed by atoms with E-state index in [2.05, 4.69) is 0 Å². The molecule has 1 aliphatic heterocycles. The Balaban J connectivity index is 2.09. The van der Waals surface area contributed by atoms with Crippen LogP contribution in [0, 0.1) is 0 Å². The zero-order valence-corrected chi connectivity index (χ0v) is 9.48. The lowest BCUT2D eigenvalue weighted by atomic mass is 9.96. The van der Waals surface area contributed by atoms with E-state index < -0.39 is 11.6 Å². The van der Waals surface area contributed by atoms with Crippen molar-refractivity contribution in [3.63, 3.8) is 0 Å². The number of rotatable bonds is 1. The first-order valence-electron chi connectivity index (χ1n) is 5.95. The number of aliphatic hydroxyl groups excluding tert-OH is 1. The van der Waals surface area contributed by atoms with Crippen molar-refractivity contribution in [2.75, 3.05) is 0 Å². The highest BCUT2D eigenvalue weighted by molar-refractivity contribution is 6.19. The van der Waals surface area contributed by atoms with E-state index in [1.807, 2.05) is 30.3 Å². The van der Waals surface area contributed by atoms with Gasteiger partial charge in [-0.2, -0.15) is 0 Å². The Kier molecular flexibility index (Phi) is 2.21. The maximum absolute atomic E-state index is 11.9. The quantitative estimate of drug-likeness (QED) is 0.754. The smallest absolute Gasteiger partial charge is 0.343 e. The maximum Gasteiger partial charge on any atom is 0.343 e. The minimum atomic E-state index is -0.720. The van der Waals surface area contributed by atoms with E-state index in [0.29, 0.717) is 5.57 Å². The van der Waals surface area contributed by atoms with Crippen LogP contribution < -0.4 is 0 Å². The van der Waals surface area contributed by atoms with E-state index in [-0.39, 0.29) is 5.76 Å². The Hall–Kier alpha value is -1.77. The topological polar surface area (TPSA) is 46.5 Å². The molecule has 1 fully saturated rings. The zero-order chi connectivity index (χ0) is 11.9. The van der Waals surface area contributed by atoms with Crippen LogP contribution in [0.1, 0.15) is 31.2 Å². The zero-order valence-electron chi connectivity index (χ0n) is 9.48. The molecule has 1 aromatic carbocycles. The van der Waals surface area contributed by atoms with Gasteiger partial charge in [0, 0.05) is 0 Å². The van der Waals surface area contributed by atoms with Crippen LogP contribution in [0.25, 0.3) is 5.57 Å². The van der Waals surface area contributed by atoms with Crippen molar-refractivity contribution in [1.82, 2.24) is 0 Å². The third-order valence-corrected chi connectivity index (χ3v) is 3.63. The second-order valence-corrected chi connectivity index (χ2v) is 4.68. The summed E-state index contributed by atoms with van der Waals surface area (Å²) < 4.78 is 5.43. The van der Waals surface area contributed by atoms with E-state index >= 15 is 0 Å². The molecule has 88 valence electrons. The van der Waals surface area contributed by atoms with Gasteiger partial charge in [-0.05, 0) is 31.2 Å². The predicted molar refractivity (Wildman–Crippen MR) is 63.3 cm³/mol. The summed E-state index contributed by atoms with van der Waals surface area (Å²) in [5.74, 6) is -0.262. The first-order valence-corrected chi connectivity index (χ1v) is 5.95. The third kappa shape index (κ3) is 1.46. The minimum absolute atomic E-state index is 0.131. The molecule has 1 N–H and O–H groups in total. The molecule has 0 atom stereocenters. The molecule has 1 aliphatic carbocycles. The van der Waals surface area contributed by atoms with Gasteiger partial charge in [0.25, 0.3) is 0 Å². The summed E-state index contributed by atoms with van der Waals surface area (Å²) >= 11 is 0. The average Bonchev–Trinajstić information content (AvgIpc) is 2.88. The SMILES string of the molecule is O=C1OC2(CCCC2)C(O)=C1c1ccccc1. The number of ether oxygens (including phenoxy) is 1. The van der Waals surface area contributed by atoms with Gasteiger partial charge in [0.1, 0.15) is 5.57 Å². The molecule has 0 radical (unpaired) electrons. The summed E-state index contributed by atoms with van der Waals surface area (Å²) in [6.45, 7) is 0. The molecule has 1 aromatic rings. The molecule has 1 spiro atoms. The molecule has 0 bridgehead atoms. The molecule has 0 amide bonds. The van der Waals surface area contributed by atoms with E-state index in [9.17, 15) is 9.90 Å². The molecule has 3 nitrogen and oxygen atoms in total. The minimum Gasteiger partial charge on any atom is -0.507 e. The lowest BCUT2D eigenvalue weighted by Gasteiger charge is -2.21. The molecule has 17 heavy (non-hydrogen) atoms. The van der Waals surface area contributed by atoms with E-state index in [0.717, 1.165) is 31.2 Å². The Morgan fingerprint density at radius 1 is 1.12 bits per heavy atom. The molecule has 0 saturated heterocycles. The monoisotopic (exact) mass is 230 g/mol. The highest BCUT2D eigenvalue weighted by atomic mass is 16.6. The van der Waals surface area contributed by atoms with Gasteiger partial charge in [0.05, 0.1) is 0 Å². The fraction of sp³-hybridized carbons (Fsp3) is 0.357. The predicted octanol–water partition coefficient (Wildman–Crippen LogP) is 2.83. The fourth-order valence-corrected chi connectivity index (χ4v) is 2.75. The van der Waals surface area contributed by atoms with E-state index in [1.54, 1.807) is 0 Å². The van der Waals surface area contributed by atoms with Crippen molar-refractivity contribution < 1.29 is 14.6 Å². The van der Waals surface area contributed by atoms with E-state index in [4.69, 9.17) is 4.74 Å². The van der Waals surface area contributed by atoms with Crippen molar-refractivity contribution in [2.24, 2.45) is 0 Å². The first kappa shape index (κ1) is 10.4. The lowest BCUT2D eigenvalue weighted by molar-refractivity contribution is -0.146. The summed E-state index contributed by atoms with van der Waals surface area (Å²) in [6, 6.07) is 9.22. The Labute approximate surface area is 99.7 Å². The van der Waals surface area contributed by atoms with Crippen LogP contribution in [0.4, 0.5) is 0 Å². The standard InChI is InChI=1S/C14H14O3/c15-12-11(10-6-2-1-3-7-10)13(16)17-14(12)8-4-5-9-14/h1-3,6-7,15H,4-5,8-9H2. The van der Waals surface area contributed by atoms with Gasteiger partial charge in [0.2, 0.25) is 0 Å². The Bertz CT molecular complexity index is 481. The largest absolute Gasteiger partial charge is 0.507 e. The van der Waals surface area contributed by atoms with Crippen molar-refractivity contribution in [3.05, 3.63) is 41.7 Å². The molecule has 3 rings (SSSR count). The lowest BCUT2D eigenvalue weighted by Crippen LogP contribution is -2.27. The molecular weight excluding hydrogens is 216 g/mol. The van der Waals surface area contributed by atoms with Gasteiger partial charge in [-0.1, -0.05) is 30.3 Å². The summed E-state index contributed by atoms with van der Waals surface area (Å²) in [5, 5.41) is 10.3. The van der Waals surface area contributed by atoms with Crippen LogP contribution in [0.15, 0.2) is 36.1 Å². The molecule has 1 saturated carbocycles. The van der Waals surface area contributed by atoms with Crippen LogP contribution in [-0.2, 0) is 9.53 Å². The van der Waals surface area contributed by atoms with Crippen LogP contribution >= 0.6 is 0 Å². The molecule has 2 aliphatic rings. The first-order chi connectivity index (χ1) is 8.23. The number of hydrogen-bond acceptors (Lipinski definition) is 3. The number of carbonyl (C=O) groups is 1. The Morgan fingerprint density at radius 2 is 1.76 bits per heavy atom. The Morgan fingerprint density at radius 3 is 2.41 bits per heavy atom. The van der Waals surface area contributed by atoms with Crippen LogP contribution in [0.5, 0.6) is 0 Å². The van der Waals surface area contributed by atoms with Crippen molar-refractivity contribution in [3.8, 4) is 0 Å². The number of benzene rings is 1. The van der Waals surface area contributed by atoms with Gasteiger partial charge in [-0.3, -0.25) is 0 Å². The van der Waals surface area contributed by atoms with Gasteiger partial charge >= 0.3 is 5.97 Å². The normalized spacial score (nSPS) is 22.2. The second kappa shape index (κ2) is 3.62. The molecular formula is C14H14O3. The number of hydrogen-bond donors (Lipinski definition) is 1. The average molecular weight is 230 g/mol. The van der Waals surface area contributed by atoms with Crippen molar-refractivity contribution in [2.45, 2.75) is 31.3 Å². The number of esters is 1. The number of carbonyl (C=O) groups excluding carboxylic acids is 1. The maximum atomic E-state index is 11.9. The second-order valence-electron chi connectivity index (χ2n) is 4.68. The van der Waals surface area contributed by atoms with Crippen LogP contribution in [0.3, 0.4) is 0 Å².